The molecule has 1 aromatic carbocycles. The number of halogens is 3. The van der Waals surface area contributed by atoms with Crippen LogP contribution in [0.3, 0.4) is 0 Å². The summed E-state index contributed by atoms with van der Waals surface area (Å²) in [5.41, 5.74) is 0.0930. The fraction of sp³-hybridized carbons (Fsp3) is 0.438. The number of aryl methyl sites for hydroxylation is 1. The molecule has 0 unspecified atom stereocenters. The number of benzene rings is 1. The van der Waals surface area contributed by atoms with E-state index in [1.165, 1.54) is 12.1 Å². The molecule has 1 aliphatic heterocycles. The van der Waals surface area contributed by atoms with Crippen LogP contribution in [-0.2, 0) is 17.5 Å². The van der Waals surface area contributed by atoms with Gasteiger partial charge in [0.1, 0.15) is 5.76 Å². The van der Waals surface area contributed by atoms with Crippen LogP contribution in [0.2, 0.25) is 0 Å². The summed E-state index contributed by atoms with van der Waals surface area (Å²) in [5.74, 6) is 1.39. The molecule has 0 saturated carbocycles. The van der Waals surface area contributed by atoms with Gasteiger partial charge in [0.25, 0.3) is 0 Å². The molecule has 124 valence electrons. The molecule has 2 heterocycles. The lowest BCUT2D eigenvalue weighted by Crippen LogP contribution is -2.37. The van der Waals surface area contributed by atoms with E-state index >= 15 is 0 Å². The Hall–Kier alpha value is -1.86. The maximum atomic E-state index is 12.6. The Morgan fingerprint density at radius 3 is 2.61 bits per heavy atom. The van der Waals surface area contributed by atoms with Crippen molar-refractivity contribution in [1.82, 2.24) is 9.88 Å². The molecular formula is C16H17F3N2O2. The highest BCUT2D eigenvalue weighted by Crippen LogP contribution is 2.31. The summed E-state index contributed by atoms with van der Waals surface area (Å²) in [7, 11) is 0. The first-order chi connectivity index (χ1) is 10.9. The molecular weight excluding hydrogens is 309 g/mol. The minimum Gasteiger partial charge on any atom is -0.445 e. The molecule has 0 radical (unpaired) electrons. The van der Waals surface area contributed by atoms with Gasteiger partial charge < -0.3 is 9.15 Å². The van der Waals surface area contributed by atoms with Gasteiger partial charge in [-0.15, -0.1) is 0 Å². The molecule has 2 aromatic rings. The third-order valence-corrected chi connectivity index (χ3v) is 3.79. The molecule has 1 aromatic heterocycles. The van der Waals surface area contributed by atoms with Crippen molar-refractivity contribution in [1.29, 1.82) is 0 Å². The minimum absolute atomic E-state index is 0.248. The third-order valence-electron chi connectivity index (χ3n) is 3.79. The lowest BCUT2D eigenvalue weighted by atomic mass is 10.1. The average molecular weight is 326 g/mol. The number of ether oxygens (including phenoxy) is 1. The molecule has 1 fully saturated rings. The van der Waals surface area contributed by atoms with Gasteiger partial charge in [-0.25, -0.2) is 4.98 Å². The summed E-state index contributed by atoms with van der Waals surface area (Å²) >= 11 is 0. The number of rotatable bonds is 3. The fourth-order valence-corrected chi connectivity index (χ4v) is 2.60. The van der Waals surface area contributed by atoms with E-state index in [4.69, 9.17) is 9.15 Å². The lowest BCUT2D eigenvalue weighted by Gasteiger charge is -2.32. The summed E-state index contributed by atoms with van der Waals surface area (Å²) < 4.78 is 49.0. The quantitative estimate of drug-likeness (QED) is 0.864. The van der Waals surface area contributed by atoms with Gasteiger partial charge in [0.15, 0.2) is 0 Å². The van der Waals surface area contributed by atoms with Crippen LogP contribution in [0.15, 0.2) is 34.9 Å². The largest absolute Gasteiger partial charge is 0.445 e. The Labute approximate surface area is 131 Å². The second kappa shape index (κ2) is 6.33. The van der Waals surface area contributed by atoms with E-state index in [0.717, 1.165) is 30.0 Å². The molecule has 0 bridgehead atoms. The van der Waals surface area contributed by atoms with Gasteiger partial charge in [0, 0.05) is 13.1 Å². The Balaban J connectivity index is 1.66. The summed E-state index contributed by atoms with van der Waals surface area (Å²) in [4.78, 5) is 6.29. The van der Waals surface area contributed by atoms with Crippen molar-refractivity contribution >= 4 is 0 Å². The van der Waals surface area contributed by atoms with Crippen molar-refractivity contribution in [2.24, 2.45) is 0 Å². The van der Waals surface area contributed by atoms with E-state index in [1.54, 1.807) is 6.20 Å². The smallest absolute Gasteiger partial charge is 0.416 e. The Morgan fingerprint density at radius 1 is 1.26 bits per heavy atom. The van der Waals surface area contributed by atoms with Gasteiger partial charge >= 0.3 is 6.18 Å². The predicted octanol–water partition coefficient (Wildman–Crippen LogP) is 3.58. The maximum Gasteiger partial charge on any atom is 0.416 e. The monoisotopic (exact) mass is 326 g/mol. The van der Waals surface area contributed by atoms with Crippen molar-refractivity contribution in [3.63, 3.8) is 0 Å². The van der Waals surface area contributed by atoms with Gasteiger partial charge in [0.2, 0.25) is 5.89 Å². The van der Waals surface area contributed by atoms with Gasteiger partial charge in [-0.2, -0.15) is 13.2 Å². The summed E-state index contributed by atoms with van der Waals surface area (Å²) in [6, 6.07) is 5.14. The highest BCUT2D eigenvalue weighted by molar-refractivity contribution is 5.26. The van der Waals surface area contributed by atoms with Gasteiger partial charge in [-0.05, 0) is 24.6 Å². The van der Waals surface area contributed by atoms with E-state index in [9.17, 15) is 13.2 Å². The van der Waals surface area contributed by atoms with Crippen molar-refractivity contribution < 1.29 is 22.3 Å². The summed E-state index contributed by atoms with van der Waals surface area (Å²) in [6.45, 7) is 4.24. The standard InChI is InChI=1S/C16H17F3N2O2/c1-11-8-20-15(23-11)10-21-6-7-22-14(9-21)12-2-4-13(5-3-12)16(17,18)19/h2-5,8,14H,6-7,9-10H2,1H3/t14-/m1/s1. The normalized spacial score (nSPS) is 19.9. The molecule has 3 rings (SSSR count). The van der Waals surface area contributed by atoms with Crippen molar-refractivity contribution in [3.05, 3.63) is 53.2 Å². The second-order valence-electron chi connectivity index (χ2n) is 5.58. The van der Waals surface area contributed by atoms with Crippen molar-refractivity contribution in [2.45, 2.75) is 25.7 Å². The van der Waals surface area contributed by atoms with Crippen LogP contribution < -0.4 is 0 Å². The average Bonchev–Trinajstić information content (AvgIpc) is 2.92. The first-order valence-corrected chi connectivity index (χ1v) is 7.34. The second-order valence-corrected chi connectivity index (χ2v) is 5.58. The highest BCUT2D eigenvalue weighted by atomic mass is 19.4. The number of aromatic nitrogens is 1. The SMILES string of the molecule is Cc1cnc(CN2CCO[C@@H](c3ccc(C(F)(F)F)cc3)C2)o1. The minimum atomic E-state index is -4.32. The third kappa shape index (κ3) is 3.92. The van der Waals surface area contributed by atoms with Crippen LogP contribution in [0.5, 0.6) is 0 Å². The molecule has 1 atom stereocenters. The van der Waals surface area contributed by atoms with Gasteiger partial charge in [-0.1, -0.05) is 12.1 Å². The zero-order chi connectivity index (χ0) is 16.4. The lowest BCUT2D eigenvalue weighted by molar-refractivity contribution is -0.137. The fourth-order valence-electron chi connectivity index (χ4n) is 2.60. The number of hydrogen-bond acceptors (Lipinski definition) is 4. The van der Waals surface area contributed by atoms with Gasteiger partial charge in [-0.3, -0.25) is 4.90 Å². The van der Waals surface area contributed by atoms with Crippen LogP contribution in [0, 0.1) is 6.92 Å². The number of nitrogens with zero attached hydrogens (tertiary/aromatic N) is 2. The highest BCUT2D eigenvalue weighted by Gasteiger charge is 2.31. The number of hydrogen-bond donors (Lipinski definition) is 0. The van der Waals surface area contributed by atoms with E-state index < -0.39 is 11.7 Å². The molecule has 0 spiro atoms. The molecule has 1 aliphatic rings. The van der Waals surface area contributed by atoms with Crippen LogP contribution in [0.25, 0.3) is 0 Å². The Bertz CT molecular complexity index is 652. The van der Waals surface area contributed by atoms with Crippen LogP contribution in [0.4, 0.5) is 13.2 Å². The number of alkyl halides is 3. The molecule has 7 heteroatoms. The number of morpholine rings is 1. The Morgan fingerprint density at radius 2 is 2.00 bits per heavy atom. The first kappa shape index (κ1) is 16.0. The molecule has 1 saturated heterocycles. The summed E-state index contributed by atoms with van der Waals surface area (Å²) in [5, 5.41) is 0. The zero-order valence-electron chi connectivity index (χ0n) is 12.6. The van der Waals surface area contributed by atoms with Crippen LogP contribution in [0.1, 0.15) is 28.9 Å². The molecule has 0 N–H and O–H groups in total. The zero-order valence-corrected chi connectivity index (χ0v) is 12.6. The van der Waals surface area contributed by atoms with Crippen LogP contribution in [-0.4, -0.2) is 29.6 Å². The van der Waals surface area contributed by atoms with E-state index in [0.29, 0.717) is 25.6 Å². The molecule has 0 aliphatic carbocycles. The van der Waals surface area contributed by atoms with Gasteiger partial charge in [0.05, 0.1) is 31.0 Å². The molecule has 4 nitrogen and oxygen atoms in total. The van der Waals surface area contributed by atoms with Crippen molar-refractivity contribution in [3.8, 4) is 0 Å². The van der Waals surface area contributed by atoms with E-state index in [1.807, 2.05) is 6.92 Å². The molecule has 0 amide bonds. The van der Waals surface area contributed by atoms with E-state index in [2.05, 4.69) is 9.88 Å². The predicted molar refractivity (Wildman–Crippen MR) is 76.7 cm³/mol. The van der Waals surface area contributed by atoms with Crippen molar-refractivity contribution in [2.75, 3.05) is 19.7 Å². The summed E-state index contributed by atoms with van der Waals surface area (Å²) in [6.07, 6.45) is -2.90. The van der Waals surface area contributed by atoms with E-state index in [-0.39, 0.29) is 6.10 Å². The Kier molecular flexibility index (Phi) is 4.41. The topological polar surface area (TPSA) is 38.5 Å². The number of oxazole rings is 1. The van der Waals surface area contributed by atoms with Crippen LogP contribution >= 0.6 is 0 Å². The maximum absolute atomic E-state index is 12.6. The molecule has 23 heavy (non-hydrogen) atoms. The first-order valence-electron chi connectivity index (χ1n) is 7.34.